The monoisotopic (exact) mass is 301 g/mol. The Kier molecular flexibility index (Phi) is 6.55. The maximum atomic E-state index is 5.34. The summed E-state index contributed by atoms with van der Waals surface area (Å²) in [5.74, 6) is 0.942. The molecular weight excluding hydrogens is 282 g/mol. The highest BCUT2D eigenvalue weighted by molar-refractivity contribution is 9.09. The van der Waals surface area contributed by atoms with Gasteiger partial charge in [0.25, 0.3) is 0 Å². The summed E-state index contributed by atoms with van der Waals surface area (Å²) in [6.45, 7) is 2.53. The molecule has 0 aliphatic rings. The maximum Gasteiger partial charge on any atom is 0.123 e. The number of hydrogen-bond acceptors (Lipinski definition) is 3. The van der Waals surface area contributed by atoms with Gasteiger partial charge in [0.2, 0.25) is 0 Å². The van der Waals surface area contributed by atoms with Crippen LogP contribution in [0.15, 0.2) is 24.3 Å². The van der Waals surface area contributed by atoms with E-state index in [2.05, 4.69) is 33.9 Å². The van der Waals surface area contributed by atoms with Crippen LogP contribution in [0.3, 0.4) is 0 Å². The molecule has 0 N–H and O–H groups in total. The van der Waals surface area contributed by atoms with Gasteiger partial charge in [-0.25, -0.2) is 0 Å². The van der Waals surface area contributed by atoms with Crippen molar-refractivity contribution in [3.63, 3.8) is 0 Å². The molecule has 0 heterocycles. The Hall–Kier alpha value is -0.580. The van der Waals surface area contributed by atoms with E-state index in [1.807, 2.05) is 18.2 Å². The van der Waals surface area contributed by atoms with Gasteiger partial charge in [-0.1, -0.05) is 34.1 Å². The Balaban J connectivity index is 2.52. The Morgan fingerprint density at radius 1 is 1.29 bits per heavy atom. The molecule has 3 nitrogen and oxygen atoms in total. The lowest BCUT2D eigenvalue weighted by Crippen LogP contribution is -2.28. The van der Waals surface area contributed by atoms with Crippen LogP contribution in [0.1, 0.15) is 5.56 Å². The molecule has 0 bridgehead atoms. The smallest absolute Gasteiger partial charge is 0.123 e. The van der Waals surface area contributed by atoms with Crippen LogP contribution >= 0.6 is 15.9 Å². The topological polar surface area (TPSA) is 21.7 Å². The number of benzene rings is 1. The number of para-hydroxylation sites is 1. The van der Waals surface area contributed by atoms with Crippen molar-refractivity contribution in [2.45, 2.75) is 11.4 Å². The molecule has 96 valence electrons. The van der Waals surface area contributed by atoms with Gasteiger partial charge in [-0.15, -0.1) is 0 Å². The molecule has 1 unspecified atom stereocenters. The lowest BCUT2D eigenvalue weighted by molar-refractivity contribution is 0.184. The summed E-state index contributed by atoms with van der Waals surface area (Å²) in [4.78, 5) is 2.60. The molecule has 1 atom stereocenters. The molecular formula is C13H20BrNO2. The van der Waals surface area contributed by atoms with Gasteiger partial charge >= 0.3 is 0 Å². The average molecular weight is 302 g/mol. The van der Waals surface area contributed by atoms with Gasteiger partial charge in [-0.05, 0) is 13.1 Å². The van der Waals surface area contributed by atoms with Crippen molar-refractivity contribution in [3.05, 3.63) is 29.8 Å². The van der Waals surface area contributed by atoms with Gasteiger partial charge in [0, 0.05) is 25.8 Å². The van der Waals surface area contributed by atoms with Crippen LogP contribution in [-0.4, -0.2) is 44.1 Å². The molecule has 0 aliphatic carbocycles. The largest absolute Gasteiger partial charge is 0.496 e. The van der Waals surface area contributed by atoms with Crippen LogP contribution < -0.4 is 4.74 Å². The number of hydrogen-bond donors (Lipinski definition) is 0. The summed E-state index contributed by atoms with van der Waals surface area (Å²) in [7, 11) is 5.52. The van der Waals surface area contributed by atoms with Crippen LogP contribution in [-0.2, 0) is 11.3 Å². The minimum absolute atomic E-state index is 0.354. The van der Waals surface area contributed by atoms with Gasteiger partial charge in [0.05, 0.1) is 18.5 Å². The lowest BCUT2D eigenvalue weighted by Gasteiger charge is -2.21. The van der Waals surface area contributed by atoms with Crippen molar-refractivity contribution in [2.24, 2.45) is 0 Å². The van der Waals surface area contributed by atoms with E-state index in [1.165, 1.54) is 5.56 Å². The van der Waals surface area contributed by atoms with Crippen molar-refractivity contribution in [1.82, 2.24) is 4.90 Å². The van der Waals surface area contributed by atoms with Crippen LogP contribution in [0, 0.1) is 0 Å². The minimum Gasteiger partial charge on any atom is -0.496 e. The van der Waals surface area contributed by atoms with E-state index in [0.29, 0.717) is 4.83 Å². The minimum atomic E-state index is 0.354. The molecule has 1 rings (SSSR count). The zero-order valence-corrected chi connectivity index (χ0v) is 12.2. The summed E-state index contributed by atoms with van der Waals surface area (Å²) in [5, 5.41) is 0. The maximum absolute atomic E-state index is 5.34. The van der Waals surface area contributed by atoms with E-state index < -0.39 is 0 Å². The van der Waals surface area contributed by atoms with Crippen molar-refractivity contribution in [3.8, 4) is 5.75 Å². The second-order valence-electron chi connectivity index (χ2n) is 4.06. The SMILES string of the molecule is COCC(Br)CN(C)Cc1ccccc1OC. The van der Waals surface area contributed by atoms with Gasteiger partial charge in [0.15, 0.2) is 0 Å². The van der Waals surface area contributed by atoms with Crippen molar-refractivity contribution in [1.29, 1.82) is 0 Å². The summed E-state index contributed by atoms with van der Waals surface area (Å²) >= 11 is 3.59. The van der Waals surface area contributed by atoms with E-state index in [0.717, 1.165) is 25.4 Å². The molecule has 0 saturated heterocycles. The van der Waals surface area contributed by atoms with Crippen molar-refractivity contribution < 1.29 is 9.47 Å². The normalized spacial score (nSPS) is 12.8. The van der Waals surface area contributed by atoms with Crippen LogP contribution in [0.2, 0.25) is 0 Å². The summed E-state index contributed by atoms with van der Waals surface area (Å²) < 4.78 is 10.4. The Labute approximate surface area is 112 Å². The molecule has 1 aromatic rings. The van der Waals surface area contributed by atoms with E-state index in [4.69, 9.17) is 9.47 Å². The highest BCUT2D eigenvalue weighted by Crippen LogP contribution is 2.19. The summed E-state index contributed by atoms with van der Waals surface area (Å²) in [5.41, 5.74) is 1.20. The first-order valence-electron chi connectivity index (χ1n) is 5.60. The highest BCUT2D eigenvalue weighted by Gasteiger charge is 2.10. The number of rotatable bonds is 7. The fourth-order valence-corrected chi connectivity index (χ4v) is 2.52. The molecule has 0 amide bonds. The Morgan fingerprint density at radius 2 is 2.00 bits per heavy atom. The molecule has 0 radical (unpaired) electrons. The zero-order valence-electron chi connectivity index (χ0n) is 10.6. The Morgan fingerprint density at radius 3 is 2.65 bits per heavy atom. The van der Waals surface area contributed by atoms with E-state index >= 15 is 0 Å². The van der Waals surface area contributed by atoms with Gasteiger partial charge < -0.3 is 14.4 Å². The van der Waals surface area contributed by atoms with Gasteiger partial charge in [-0.3, -0.25) is 0 Å². The standard InChI is InChI=1S/C13H20BrNO2/c1-15(9-12(14)10-16-2)8-11-6-4-5-7-13(11)17-3/h4-7,12H,8-10H2,1-3H3. The predicted octanol–water partition coefficient (Wildman–Crippen LogP) is 2.54. The van der Waals surface area contributed by atoms with Crippen LogP contribution in [0.25, 0.3) is 0 Å². The molecule has 4 heteroatoms. The van der Waals surface area contributed by atoms with E-state index in [-0.39, 0.29) is 0 Å². The van der Waals surface area contributed by atoms with Gasteiger partial charge in [0.1, 0.15) is 5.75 Å². The number of methoxy groups -OCH3 is 2. The molecule has 0 spiro atoms. The number of nitrogens with zero attached hydrogens (tertiary/aromatic N) is 1. The van der Waals surface area contributed by atoms with Gasteiger partial charge in [-0.2, -0.15) is 0 Å². The lowest BCUT2D eigenvalue weighted by atomic mass is 10.2. The quantitative estimate of drug-likeness (QED) is 0.723. The first-order chi connectivity index (χ1) is 8.17. The Bertz CT molecular complexity index is 333. The fraction of sp³-hybridized carbons (Fsp3) is 0.538. The second kappa shape index (κ2) is 7.69. The number of ether oxygens (including phenoxy) is 2. The highest BCUT2D eigenvalue weighted by atomic mass is 79.9. The first kappa shape index (κ1) is 14.5. The fourth-order valence-electron chi connectivity index (χ4n) is 1.76. The van der Waals surface area contributed by atoms with Crippen molar-refractivity contribution >= 4 is 15.9 Å². The third-order valence-corrected chi connectivity index (χ3v) is 3.04. The van der Waals surface area contributed by atoms with Crippen LogP contribution in [0.4, 0.5) is 0 Å². The predicted molar refractivity (Wildman–Crippen MR) is 73.9 cm³/mol. The zero-order chi connectivity index (χ0) is 12.7. The molecule has 1 aromatic carbocycles. The summed E-state index contributed by atoms with van der Waals surface area (Å²) in [6.07, 6.45) is 0. The van der Waals surface area contributed by atoms with E-state index in [9.17, 15) is 0 Å². The third-order valence-electron chi connectivity index (χ3n) is 2.49. The average Bonchev–Trinajstić information content (AvgIpc) is 2.29. The third kappa shape index (κ3) is 5.06. The van der Waals surface area contributed by atoms with Crippen molar-refractivity contribution in [2.75, 3.05) is 34.4 Å². The molecule has 17 heavy (non-hydrogen) atoms. The van der Waals surface area contributed by atoms with Crippen LogP contribution in [0.5, 0.6) is 5.75 Å². The molecule has 0 aromatic heterocycles. The first-order valence-corrected chi connectivity index (χ1v) is 6.52. The summed E-state index contributed by atoms with van der Waals surface area (Å²) in [6, 6.07) is 8.10. The number of alkyl halides is 1. The van der Waals surface area contributed by atoms with E-state index in [1.54, 1.807) is 14.2 Å². The molecule has 0 saturated carbocycles. The number of halogens is 1. The molecule has 0 fully saturated rings. The second-order valence-corrected chi connectivity index (χ2v) is 5.36. The molecule has 0 aliphatic heterocycles.